The lowest BCUT2D eigenvalue weighted by atomic mass is 10.0. The fourth-order valence-electron chi connectivity index (χ4n) is 2.39. The summed E-state index contributed by atoms with van der Waals surface area (Å²) in [7, 11) is 0. The van der Waals surface area contributed by atoms with Crippen molar-refractivity contribution >= 4 is 5.97 Å². The van der Waals surface area contributed by atoms with Gasteiger partial charge in [0.05, 0.1) is 6.61 Å². The van der Waals surface area contributed by atoms with Gasteiger partial charge in [-0.15, -0.1) is 0 Å². The number of carbonyl (C=O) groups is 1. The van der Waals surface area contributed by atoms with Gasteiger partial charge in [0.1, 0.15) is 0 Å². The molecule has 0 amide bonds. The smallest absolute Gasteiger partial charge is 0.384 e. The van der Waals surface area contributed by atoms with E-state index in [1.54, 1.807) is 6.92 Å². The van der Waals surface area contributed by atoms with Gasteiger partial charge in [0.2, 0.25) is 0 Å². The largest absolute Gasteiger partial charge is 0.456 e. The molecule has 0 saturated carbocycles. The van der Waals surface area contributed by atoms with Crippen LogP contribution in [0.3, 0.4) is 0 Å². The van der Waals surface area contributed by atoms with Crippen LogP contribution in [0.1, 0.15) is 24.5 Å². The van der Waals surface area contributed by atoms with Gasteiger partial charge in [-0.2, -0.15) is 0 Å². The Kier molecular flexibility index (Phi) is 7.59. The molecule has 3 heteroatoms. The van der Waals surface area contributed by atoms with Crippen molar-refractivity contribution < 1.29 is 9.53 Å². The van der Waals surface area contributed by atoms with Crippen LogP contribution in [0.4, 0.5) is 0 Å². The first-order chi connectivity index (χ1) is 11.8. The van der Waals surface area contributed by atoms with Crippen molar-refractivity contribution in [2.24, 2.45) is 0 Å². The molecule has 0 aliphatic heterocycles. The summed E-state index contributed by atoms with van der Waals surface area (Å²) in [4.78, 5) is 11.3. The fourth-order valence-corrected chi connectivity index (χ4v) is 2.39. The summed E-state index contributed by atoms with van der Waals surface area (Å²) in [6.07, 6.45) is 1.46. The first kappa shape index (κ1) is 17.8. The first-order valence-corrected chi connectivity index (χ1v) is 8.24. The molecule has 0 spiro atoms. The number of carbonyl (C=O) groups excluding carboxylic acids is 1. The Morgan fingerprint density at radius 2 is 1.67 bits per heavy atom. The van der Waals surface area contributed by atoms with Crippen LogP contribution in [0.15, 0.2) is 60.7 Å². The van der Waals surface area contributed by atoms with Gasteiger partial charge < -0.3 is 10.1 Å². The average Bonchev–Trinajstić information content (AvgIpc) is 2.61. The molecule has 2 aromatic rings. The number of esters is 1. The highest BCUT2D eigenvalue weighted by Gasteiger charge is 2.08. The molecule has 0 bridgehead atoms. The van der Waals surface area contributed by atoms with Gasteiger partial charge in [0, 0.05) is 24.9 Å². The van der Waals surface area contributed by atoms with E-state index in [0.29, 0.717) is 13.0 Å². The van der Waals surface area contributed by atoms with Gasteiger partial charge in [0.25, 0.3) is 0 Å². The molecule has 0 radical (unpaired) electrons. The standard InChI is InChI=1S/C21H23NO2/c1-2-24-21(23)15-9-14-20(16-18-10-5-3-6-11-18)22-17-19-12-7-4-8-13-19/h3-8,10-13,20,22H,2,14,16-17H2,1H3/t20-/m0/s1. The molecular weight excluding hydrogens is 298 g/mol. The summed E-state index contributed by atoms with van der Waals surface area (Å²) in [5, 5.41) is 3.54. The maximum absolute atomic E-state index is 11.3. The van der Waals surface area contributed by atoms with E-state index in [1.807, 2.05) is 36.4 Å². The van der Waals surface area contributed by atoms with E-state index in [2.05, 4.69) is 41.4 Å². The van der Waals surface area contributed by atoms with E-state index in [4.69, 9.17) is 4.74 Å². The maximum atomic E-state index is 11.3. The van der Waals surface area contributed by atoms with Crippen LogP contribution < -0.4 is 5.32 Å². The minimum atomic E-state index is -0.459. The lowest BCUT2D eigenvalue weighted by Gasteiger charge is -2.16. The summed E-state index contributed by atoms with van der Waals surface area (Å²) < 4.78 is 4.84. The molecule has 124 valence electrons. The Bertz CT molecular complexity index is 671. The van der Waals surface area contributed by atoms with Crippen LogP contribution >= 0.6 is 0 Å². The lowest BCUT2D eigenvalue weighted by Crippen LogP contribution is -2.30. The van der Waals surface area contributed by atoms with Crippen LogP contribution in [0.2, 0.25) is 0 Å². The monoisotopic (exact) mass is 321 g/mol. The van der Waals surface area contributed by atoms with Crippen LogP contribution in [0.5, 0.6) is 0 Å². The molecule has 0 aliphatic carbocycles. The van der Waals surface area contributed by atoms with Crippen molar-refractivity contribution in [2.75, 3.05) is 6.61 Å². The van der Waals surface area contributed by atoms with Gasteiger partial charge in [-0.1, -0.05) is 66.6 Å². The minimum Gasteiger partial charge on any atom is -0.456 e. The summed E-state index contributed by atoms with van der Waals surface area (Å²) in [5.41, 5.74) is 2.48. The van der Waals surface area contributed by atoms with Crippen LogP contribution in [0.25, 0.3) is 0 Å². The molecule has 1 N–H and O–H groups in total. The van der Waals surface area contributed by atoms with Crippen LogP contribution in [0, 0.1) is 11.8 Å². The van der Waals surface area contributed by atoms with E-state index in [-0.39, 0.29) is 6.04 Å². The third-order valence-electron chi connectivity index (χ3n) is 3.58. The van der Waals surface area contributed by atoms with Crippen LogP contribution in [-0.2, 0) is 22.5 Å². The third kappa shape index (κ3) is 6.68. The highest BCUT2D eigenvalue weighted by Crippen LogP contribution is 2.07. The second-order valence-corrected chi connectivity index (χ2v) is 5.48. The highest BCUT2D eigenvalue weighted by atomic mass is 16.5. The maximum Gasteiger partial charge on any atom is 0.384 e. The predicted octanol–water partition coefficient (Wildman–Crippen LogP) is 3.34. The quantitative estimate of drug-likeness (QED) is 0.483. The van der Waals surface area contributed by atoms with Crippen molar-refractivity contribution in [3.63, 3.8) is 0 Å². The Morgan fingerprint density at radius 3 is 2.29 bits per heavy atom. The number of hydrogen-bond donors (Lipinski definition) is 1. The van der Waals surface area contributed by atoms with Gasteiger partial charge >= 0.3 is 5.97 Å². The molecule has 2 rings (SSSR count). The van der Waals surface area contributed by atoms with Crippen molar-refractivity contribution in [1.29, 1.82) is 0 Å². The molecular formula is C21H23NO2. The van der Waals surface area contributed by atoms with E-state index in [0.717, 1.165) is 13.0 Å². The molecule has 0 unspecified atom stereocenters. The predicted molar refractivity (Wildman–Crippen MR) is 96.2 cm³/mol. The first-order valence-electron chi connectivity index (χ1n) is 8.24. The number of hydrogen-bond acceptors (Lipinski definition) is 3. The molecule has 1 atom stereocenters. The van der Waals surface area contributed by atoms with Gasteiger partial charge in [0.15, 0.2) is 0 Å². The van der Waals surface area contributed by atoms with Crippen LogP contribution in [-0.4, -0.2) is 18.6 Å². The Labute approximate surface area is 144 Å². The number of ether oxygens (including phenoxy) is 1. The van der Waals surface area contributed by atoms with Gasteiger partial charge in [-0.25, -0.2) is 4.79 Å². The van der Waals surface area contributed by atoms with Gasteiger partial charge in [-0.3, -0.25) is 0 Å². The normalized spacial score (nSPS) is 11.2. The third-order valence-corrected chi connectivity index (χ3v) is 3.58. The van der Waals surface area contributed by atoms with Crippen molar-refractivity contribution in [3.05, 3.63) is 71.8 Å². The number of nitrogens with one attached hydrogen (secondary N) is 1. The molecule has 0 saturated heterocycles. The second kappa shape index (κ2) is 10.3. The summed E-state index contributed by atoms with van der Waals surface area (Å²) in [5.74, 6) is 5.03. The Hall–Kier alpha value is -2.57. The SMILES string of the molecule is CCOC(=O)C#CC[C@@H](Cc1ccccc1)NCc1ccccc1. The highest BCUT2D eigenvalue weighted by molar-refractivity contribution is 5.88. The molecule has 24 heavy (non-hydrogen) atoms. The molecule has 0 aliphatic rings. The fraction of sp³-hybridized carbons (Fsp3) is 0.286. The van der Waals surface area contributed by atoms with E-state index in [1.165, 1.54) is 11.1 Å². The molecule has 0 heterocycles. The average molecular weight is 321 g/mol. The Balaban J connectivity index is 1.96. The minimum absolute atomic E-state index is 0.175. The summed E-state index contributed by atoms with van der Waals surface area (Å²) in [6, 6.07) is 20.7. The molecule has 3 nitrogen and oxygen atoms in total. The van der Waals surface area contributed by atoms with Crippen molar-refractivity contribution in [1.82, 2.24) is 5.32 Å². The molecule has 0 aromatic heterocycles. The lowest BCUT2D eigenvalue weighted by molar-refractivity contribution is -0.136. The van der Waals surface area contributed by atoms with E-state index < -0.39 is 5.97 Å². The topological polar surface area (TPSA) is 38.3 Å². The van der Waals surface area contributed by atoms with E-state index in [9.17, 15) is 4.79 Å². The van der Waals surface area contributed by atoms with Crippen molar-refractivity contribution in [2.45, 2.75) is 32.4 Å². The number of benzene rings is 2. The second-order valence-electron chi connectivity index (χ2n) is 5.48. The summed E-state index contributed by atoms with van der Waals surface area (Å²) in [6.45, 7) is 2.91. The zero-order chi connectivity index (χ0) is 17.0. The summed E-state index contributed by atoms with van der Waals surface area (Å²) >= 11 is 0. The Morgan fingerprint density at radius 1 is 1.04 bits per heavy atom. The molecule has 2 aromatic carbocycles. The van der Waals surface area contributed by atoms with E-state index >= 15 is 0 Å². The molecule has 0 fully saturated rings. The number of rotatable bonds is 7. The zero-order valence-corrected chi connectivity index (χ0v) is 14.0. The van der Waals surface area contributed by atoms with Gasteiger partial charge in [-0.05, 0) is 24.5 Å². The van der Waals surface area contributed by atoms with Crippen molar-refractivity contribution in [3.8, 4) is 11.8 Å². The zero-order valence-electron chi connectivity index (χ0n) is 14.0.